The van der Waals surface area contributed by atoms with Gasteiger partial charge < -0.3 is 25.9 Å². The molecule has 2 fully saturated rings. The number of hydrogen-bond acceptors (Lipinski definition) is 10. The normalized spacial score (nSPS) is 19.5. The minimum Gasteiger partial charge on any atom is -0.477 e. The Morgan fingerprint density at radius 1 is 1.04 bits per heavy atom. The van der Waals surface area contributed by atoms with E-state index in [0.29, 0.717) is 24.1 Å². The molecule has 3 aliphatic rings. The number of carbonyl (C=O) groups excluding carboxylic acids is 3. The molecule has 3 aliphatic heterocycles. The van der Waals surface area contributed by atoms with Gasteiger partial charge in [0.1, 0.15) is 22.8 Å². The van der Waals surface area contributed by atoms with Gasteiger partial charge in [-0.15, -0.1) is 29.5 Å². The van der Waals surface area contributed by atoms with Crippen LogP contribution >= 0.6 is 23.1 Å². The number of carboxylic acid groups (broad SMARTS) is 1. The number of hydrogen-bond donors (Lipinski definition) is 3. The number of oxime groups is 1. The van der Waals surface area contributed by atoms with E-state index in [4.69, 9.17) is 17.0 Å². The van der Waals surface area contributed by atoms with E-state index in [1.165, 1.54) is 22.7 Å². The Morgan fingerprint density at radius 3 is 2.17 bits per heavy atom. The third-order valence-electron chi connectivity index (χ3n) is 9.12. The van der Waals surface area contributed by atoms with Gasteiger partial charge in [-0.2, -0.15) is 0 Å². The van der Waals surface area contributed by atoms with E-state index >= 15 is 0 Å². The van der Waals surface area contributed by atoms with E-state index in [2.05, 4.69) is 21.4 Å². The maximum atomic E-state index is 14.2. The topological polar surface area (TPSA) is 168 Å². The van der Waals surface area contributed by atoms with Crippen LogP contribution < -0.4 is 11.1 Å². The van der Waals surface area contributed by atoms with Crippen molar-refractivity contribution in [1.29, 1.82) is 0 Å². The van der Waals surface area contributed by atoms with Crippen LogP contribution in [0, 0.1) is 12.3 Å². The van der Waals surface area contributed by atoms with Crippen LogP contribution in [0.3, 0.4) is 0 Å². The number of carbonyl (C=O) groups is 4. The van der Waals surface area contributed by atoms with Gasteiger partial charge in [-0.05, 0) is 18.1 Å². The fraction of sp³-hybridized carbons (Fsp3) is 0.179. The largest absolute Gasteiger partial charge is 0.477 e. The zero-order chi connectivity index (χ0) is 37.1. The summed E-state index contributed by atoms with van der Waals surface area (Å²) < 4.78 is 0. The van der Waals surface area contributed by atoms with Crippen molar-refractivity contribution in [2.45, 2.75) is 23.4 Å². The first kappa shape index (κ1) is 35.2. The van der Waals surface area contributed by atoms with Crippen LogP contribution in [0.5, 0.6) is 0 Å². The lowest BCUT2D eigenvalue weighted by Gasteiger charge is -2.49. The van der Waals surface area contributed by atoms with Crippen LogP contribution in [0.4, 0.5) is 5.13 Å². The number of nitrogen functional groups attached to an aromatic ring is 1. The molecule has 4 aromatic rings. The maximum absolute atomic E-state index is 14.2. The second-order valence-corrected chi connectivity index (χ2v) is 14.3. The van der Waals surface area contributed by atoms with Crippen LogP contribution in [0.25, 0.3) is 0 Å². The van der Waals surface area contributed by atoms with Gasteiger partial charge in [-0.3, -0.25) is 19.3 Å². The number of terminal acetylenes is 1. The molecule has 2 atom stereocenters. The van der Waals surface area contributed by atoms with Gasteiger partial charge in [0.2, 0.25) is 5.60 Å². The number of carboxylic acids is 1. The van der Waals surface area contributed by atoms with Gasteiger partial charge in [0.25, 0.3) is 17.7 Å². The maximum Gasteiger partial charge on any atom is 0.352 e. The molecule has 4 N–H and O–H groups in total. The Morgan fingerprint density at radius 2 is 1.64 bits per heavy atom. The Hall–Kier alpha value is -6.17. The predicted molar refractivity (Wildman–Crippen MR) is 201 cm³/mol. The highest BCUT2D eigenvalue weighted by molar-refractivity contribution is 8.00. The van der Waals surface area contributed by atoms with E-state index < -0.39 is 34.8 Å². The first-order valence-corrected chi connectivity index (χ1v) is 18.4. The van der Waals surface area contributed by atoms with Gasteiger partial charge in [0.05, 0.1) is 6.54 Å². The van der Waals surface area contributed by atoms with E-state index in [9.17, 15) is 24.3 Å². The predicted octanol–water partition coefficient (Wildman–Crippen LogP) is 3.97. The number of anilines is 1. The molecule has 0 unspecified atom stereocenters. The van der Waals surface area contributed by atoms with Crippen LogP contribution in [0.2, 0.25) is 0 Å². The summed E-state index contributed by atoms with van der Waals surface area (Å²) in [6.07, 6.45) is 7.32. The number of fused-ring (bicyclic) bond motifs is 1. The molecule has 0 bridgehead atoms. The summed E-state index contributed by atoms with van der Waals surface area (Å²) in [5, 5.41) is 18.5. The molecule has 12 nitrogen and oxygen atoms in total. The van der Waals surface area contributed by atoms with Crippen molar-refractivity contribution in [3.8, 4) is 12.3 Å². The Bertz CT molecular complexity index is 2120. The Balaban J connectivity index is 1.21. The number of aliphatic carboxylic acids is 1. The third kappa shape index (κ3) is 6.56. The fourth-order valence-electron chi connectivity index (χ4n) is 6.63. The minimum atomic E-state index is -1.32. The molecular formula is C39H32N6O6S2. The van der Waals surface area contributed by atoms with Gasteiger partial charge in [-0.1, -0.05) is 102 Å². The minimum absolute atomic E-state index is 0.133. The van der Waals surface area contributed by atoms with Crippen molar-refractivity contribution in [3.05, 3.63) is 142 Å². The van der Waals surface area contributed by atoms with Gasteiger partial charge in [0, 0.05) is 39.9 Å². The molecule has 0 saturated carbocycles. The van der Waals surface area contributed by atoms with Crippen molar-refractivity contribution < 1.29 is 29.1 Å². The van der Waals surface area contributed by atoms with Crippen molar-refractivity contribution in [1.82, 2.24) is 20.1 Å². The molecule has 2 saturated heterocycles. The number of allylic oxidation sites excluding steroid dienone is 1. The molecule has 1 aromatic heterocycles. The zero-order valence-electron chi connectivity index (χ0n) is 28.0. The molecule has 3 aromatic carbocycles. The molecule has 0 radical (unpaired) electrons. The lowest BCUT2D eigenvalue weighted by Crippen LogP contribution is -2.71. The third-order valence-corrected chi connectivity index (χ3v) is 11.1. The Labute approximate surface area is 313 Å². The quantitative estimate of drug-likeness (QED) is 0.0514. The van der Waals surface area contributed by atoms with E-state index in [-0.39, 0.29) is 40.4 Å². The first-order valence-electron chi connectivity index (χ1n) is 16.5. The van der Waals surface area contributed by atoms with Gasteiger partial charge in [0.15, 0.2) is 10.8 Å². The molecule has 0 aliphatic carbocycles. The molecule has 266 valence electrons. The van der Waals surface area contributed by atoms with Crippen molar-refractivity contribution in [2.75, 3.05) is 24.6 Å². The van der Waals surface area contributed by atoms with Crippen molar-refractivity contribution in [3.63, 3.8) is 0 Å². The van der Waals surface area contributed by atoms with E-state index in [1.54, 1.807) is 5.38 Å². The number of rotatable bonds is 11. The molecule has 14 heteroatoms. The van der Waals surface area contributed by atoms with Gasteiger partial charge >= 0.3 is 5.97 Å². The van der Waals surface area contributed by atoms with Crippen molar-refractivity contribution >= 4 is 57.6 Å². The molecule has 4 heterocycles. The molecule has 3 amide bonds. The first-order chi connectivity index (χ1) is 25.7. The SMILES string of the molecule is C#CCN1CCC(=CC2=C(C(=O)O)N3C(=O)[C@@H](NC(=O)C(=NOC(c4ccccc4)(c4ccccc4)c4ccccc4)c4csc(N)n4)[C@H]3SC2)C1=O. The monoisotopic (exact) mass is 744 g/mol. The molecule has 7 rings (SSSR count). The fourth-order valence-corrected chi connectivity index (χ4v) is 8.48. The molecule has 53 heavy (non-hydrogen) atoms. The number of nitrogens with zero attached hydrogens (tertiary/aromatic N) is 4. The highest BCUT2D eigenvalue weighted by atomic mass is 32.2. The number of thioether (sulfide) groups is 1. The van der Waals surface area contributed by atoms with Crippen molar-refractivity contribution in [2.24, 2.45) is 5.16 Å². The molecular weight excluding hydrogens is 713 g/mol. The average Bonchev–Trinajstić information content (AvgIpc) is 3.77. The van der Waals surface area contributed by atoms with Crippen LogP contribution in [-0.4, -0.2) is 79.6 Å². The standard InChI is InChI=1S/C39H32N6O6S2/c1-2-19-44-20-18-24(34(44)47)21-25-22-52-36-31(35(48)45(36)32(25)37(49)50)42-33(46)30(29-23-53-38(40)41-29)43-51-39(26-12-6-3-7-13-26,27-14-8-4-9-15-27)28-16-10-5-11-17-28/h1,3-17,21,23,31,36H,18-20,22H2,(H2,40,41)(H,42,46)(H,49,50)/t31-,36-/m1/s1. The average molecular weight is 745 g/mol. The second-order valence-electron chi connectivity index (χ2n) is 12.3. The number of aromatic nitrogens is 1. The zero-order valence-corrected chi connectivity index (χ0v) is 29.7. The Kier molecular flexibility index (Phi) is 9.86. The summed E-state index contributed by atoms with van der Waals surface area (Å²) in [4.78, 5) is 66.7. The summed E-state index contributed by atoms with van der Waals surface area (Å²) in [5.74, 6) is -0.336. The number of nitrogens with two attached hydrogens (primary N) is 1. The highest BCUT2D eigenvalue weighted by Crippen LogP contribution is 2.43. The summed E-state index contributed by atoms with van der Waals surface area (Å²) in [6, 6.07) is 27.3. The number of nitrogens with one attached hydrogen (secondary N) is 1. The second kappa shape index (κ2) is 14.8. The number of thiazole rings is 1. The van der Waals surface area contributed by atoms with Crippen LogP contribution in [0.15, 0.2) is 124 Å². The highest BCUT2D eigenvalue weighted by Gasteiger charge is 2.54. The molecule has 0 spiro atoms. The van der Waals surface area contributed by atoms with Crippen LogP contribution in [0.1, 0.15) is 28.8 Å². The van der Waals surface area contributed by atoms with Gasteiger partial charge in [-0.25, -0.2) is 9.78 Å². The number of benzene rings is 3. The lowest BCUT2D eigenvalue weighted by atomic mass is 9.80. The smallest absolute Gasteiger partial charge is 0.352 e. The van der Waals surface area contributed by atoms with E-state index in [0.717, 1.165) is 32.9 Å². The summed E-state index contributed by atoms with van der Waals surface area (Å²) in [6.45, 7) is 0.581. The lowest BCUT2D eigenvalue weighted by molar-refractivity contribution is -0.150. The van der Waals surface area contributed by atoms with E-state index in [1.807, 2.05) is 91.0 Å². The van der Waals surface area contributed by atoms with Crippen LogP contribution in [-0.2, 0) is 29.6 Å². The number of likely N-dealkylation sites (tertiary alicyclic amines) is 1. The summed E-state index contributed by atoms with van der Waals surface area (Å²) >= 11 is 2.38. The summed E-state index contributed by atoms with van der Waals surface area (Å²) in [5.41, 5.74) is 7.31. The number of β-lactam (4-membered cyclic amide) rings is 1. The number of amides is 3. The summed E-state index contributed by atoms with van der Waals surface area (Å²) in [7, 11) is 0.